The van der Waals surface area contributed by atoms with Gasteiger partial charge >= 0.3 is 0 Å². The number of benzene rings is 3. The van der Waals surface area contributed by atoms with E-state index in [0.29, 0.717) is 17.9 Å². The number of nitrogens with one attached hydrogen (secondary N) is 1. The van der Waals surface area contributed by atoms with E-state index in [2.05, 4.69) is 87.4 Å². The van der Waals surface area contributed by atoms with Crippen molar-refractivity contribution in [2.75, 3.05) is 0 Å². The second-order valence-electron chi connectivity index (χ2n) is 8.87. The van der Waals surface area contributed by atoms with Crippen LogP contribution < -0.4 is 5.32 Å². The second kappa shape index (κ2) is 11.2. The number of rotatable bonds is 8. The van der Waals surface area contributed by atoms with E-state index in [1.54, 1.807) is 24.2 Å². The topological polar surface area (TPSA) is 72.7 Å². The van der Waals surface area contributed by atoms with Crippen molar-refractivity contribution in [1.82, 2.24) is 25.1 Å². The fourth-order valence-electron chi connectivity index (χ4n) is 3.94. The van der Waals surface area contributed by atoms with Gasteiger partial charge in [-0.3, -0.25) is 14.3 Å². The zero-order valence-corrected chi connectivity index (χ0v) is 21.6. The number of nitrogens with zero attached hydrogens (tertiary/aromatic N) is 4. The first-order valence-corrected chi connectivity index (χ1v) is 13.0. The van der Waals surface area contributed by atoms with E-state index in [4.69, 9.17) is 0 Å². The van der Waals surface area contributed by atoms with Gasteiger partial charge in [0, 0.05) is 41.5 Å². The molecule has 6 nitrogen and oxygen atoms in total. The molecule has 0 unspecified atom stereocenters. The van der Waals surface area contributed by atoms with Crippen molar-refractivity contribution < 1.29 is 4.79 Å². The number of carbonyl (C=O) groups is 1. The van der Waals surface area contributed by atoms with E-state index in [-0.39, 0.29) is 5.91 Å². The highest BCUT2D eigenvalue weighted by molar-refractivity contribution is 7.98. The van der Waals surface area contributed by atoms with Gasteiger partial charge in [-0.1, -0.05) is 65.9 Å². The lowest BCUT2D eigenvalue weighted by Gasteiger charge is -2.11. The highest BCUT2D eigenvalue weighted by Gasteiger charge is 2.16. The van der Waals surface area contributed by atoms with Crippen molar-refractivity contribution in [2.45, 2.75) is 31.3 Å². The third-order valence-electron chi connectivity index (χ3n) is 5.99. The van der Waals surface area contributed by atoms with E-state index >= 15 is 0 Å². The number of hydrogen-bond acceptors (Lipinski definition) is 5. The Morgan fingerprint density at radius 3 is 2.32 bits per heavy atom. The highest BCUT2D eigenvalue weighted by Crippen LogP contribution is 2.30. The minimum Gasteiger partial charge on any atom is -0.348 e. The van der Waals surface area contributed by atoms with Gasteiger partial charge in [0.05, 0.1) is 0 Å². The van der Waals surface area contributed by atoms with Crippen molar-refractivity contribution >= 4 is 17.7 Å². The summed E-state index contributed by atoms with van der Waals surface area (Å²) in [5, 5.41) is 12.9. The number of aryl methyl sites for hydroxylation is 2. The Hall–Kier alpha value is -4.23. The van der Waals surface area contributed by atoms with E-state index in [9.17, 15) is 4.79 Å². The Bertz CT molecular complexity index is 1500. The maximum absolute atomic E-state index is 12.5. The summed E-state index contributed by atoms with van der Waals surface area (Å²) in [5.41, 5.74) is 7.18. The molecule has 184 valence electrons. The predicted molar refractivity (Wildman–Crippen MR) is 148 cm³/mol. The van der Waals surface area contributed by atoms with Crippen LogP contribution in [0.5, 0.6) is 0 Å². The van der Waals surface area contributed by atoms with Gasteiger partial charge in [-0.2, -0.15) is 0 Å². The summed E-state index contributed by atoms with van der Waals surface area (Å²) in [7, 11) is 0. The maximum atomic E-state index is 12.5. The molecule has 0 aliphatic heterocycles. The highest BCUT2D eigenvalue weighted by atomic mass is 32.2. The Morgan fingerprint density at radius 2 is 1.59 bits per heavy atom. The van der Waals surface area contributed by atoms with Crippen LogP contribution >= 0.6 is 11.8 Å². The van der Waals surface area contributed by atoms with Crippen LogP contribution in [0.4, 0.5) is 0 Å². The molecule has 5 rings (SSSR count). The molecule has 1 N–H and O–H groups in total. The molecule has 3 aromatic carbocycles. The molecule has 7 heteroatoms. The first-order valence-electron chi connectivity index (χ1n) is 12.1. The monoisotopic (exact) mass is 505 g/mol. The van der Waals surface area contributed by atoms with Crippen LogP contribution in [0.15, 0.2) is 102 Å². The molecule has 2 aromatic heterocycles. The molecule has 0 atom stereocenters. The molecule has 5 aromatic rings. The quantitative estimate of drug-likeness (QED) is 0.255. The van der Waals surface area contributed by atoms with E-state index in [0.717, 1.165) is 33.4 Å². The van der Waals surface area contributed by atoms with Crippen LogP contribution in [0.3, 0.4) is 0 Å². The zero-order valence-electron chi connectivity index (χ0n) is 20.8. The van der Waals surface area contributed by atoms with E-state index < -0.39 is 0 Å². The molecule has 0 bridgehead atoms. The van der Waals surface area contributed by atoms with Gasteiger partial charge in [-0.05, 0) is 66.9 Å². The van der Waals surface area contributed by atoms with Crippen molar-refractivity contribution in [3.63, 3.8) is 0 Å². The Balaban J connectivity index is 1.32. The van der Waals surface area contributed by atoms with E-state index in [1.165, 1.54) is 11.1 Å². The van der Waals surface area contributed by atoms with Crippen molar-refractivity contribution in [2.24, 2.45) is 0 Å². The van der Waals surface area contributed by atoms with Crippen LogP contribution in [0.2, 0.25) is 0 Å². The lowest BCUT2D eigenvalue weighted by molar-refractivity contribution is 0.0951. The summed E-state index contributed by atoms with van der Waals surface area (Å²) in [4.78, 5) is 16.5. The standard InChI is InChI=1S/C30H27N5OS/c1-21-6-10-25(11-7-21)28-33-34-30(35(28)27-5-3-4-22(2)18-27)37-20-24-8-12-26(13-9-24)29(36)32-19-23-14-16-31-17-15-23/h3-18H,19-20H2,1-2H3,(H,32,36). The number of carbonyl (C=O) groups excluding carboxylic acids is 1. The lowest BCUT2D eigenvalue weighted by Crippen LogP contribution is -2.22. The number of pyridine rings is 1. The fourth-order valence-corrected chi connectivity index (χ4v) is 4.85. The van der Waals surface area contributed by atoms with Gasteiger partial charge in [0.1, 0.15) is 0 Å². The Labute approximate surface area is 220 Å². The summed E-state index contributed by atoms with van der Waals surface area (Å²) in [6.45, 7) is 4.63. The van der Waals surface area contributed by atoms with Gasteiger partial charge in [-0.15, -0.1) is 10.2 Å². The van der Waals surface area contributed by atoms with Crippen LogP contribution in [0.1, 0.15) is 32.6 Å². The molecule has 0 aliphatic rings. The van der Waals surface area contributed by atoms with Gasteiger partial charge in [-0.25, -0.2) is 0 Å². The molecule has 0 spiro atoms. The molecule has 37 heavy (non-hydrogen) atoms. The summed E-state index contributed by atoms with van der Waals surface area (Å²) in [6.07, 6.45) is 3.44. The minimum absolute atomic E-state index is 0.0991. The first-order chi connectivity index (χ1) is 18.1. The molecule has 2 heterocycles. The van der Waals surface area contributed by atoms with Crippen LogP contribution in [-0.2, 0) is 12.3 Å². The number of hydrogen-bond donors (Lipinski definition) is 1. The molecular formula is C30H27N5OS. The summed E-state index contributed by atoms with van der Waals surface area (Å²) in [6, 6.07) is 28.2. The van der Waals surface area contributed by atoms with Gasteiger partial charge < -0.3 is 5.32 Å². The number of thioether (sulfide) groups is 1. The van der Waals surface area contributed by atoms with E-state index in [1.807, 2.05) is 36.4 Å². The largest absolute Gasteiger partial charge is 0.348 e. The van der Waals surface area contributed by atoms with Crippen molar-refractivity contribution in [3.8, 4) is 17.1 Å². The molecule has 0 saturated carbocycles. The van der Waals surface area contributed by atoms with Crippen LogP contribution in [0.25, 0.3) is 17.1 Å². The van der Waals surface area contributed by atoms with Crippen molar-refractivity contribution in [1.29, 1.82) is 0 Å². The van der Waals surface area contributed by atoms with Gasteiger partial charge in [0.25, 0.3) is 5.91 Å². The molecule has 0 aliphatic carbocycles. The average molecular weight is 506 g/mol. The second-order valence-corrected chi connectivity index (χ2v) is 9.81. The van der Waals surface area contributed by atoms with Crippen molar-refractivity contribution in [3.05, 3.63) is 125 Å². The SMILES string of the molecule is Cc1ccc(-c2nnc(SCc3ccc(C(=O)NCc4ccncc4)cc3)n2-c2cccc(C)c2)cc1. The average Bonchev–Trinajstić information content (AvgIpc) is 3.36. The normalized spacial score (nSPS) is 10.9. The summed E-state index contributed by atoms with van der Waals surface area (Å²) < 4.78 is 2.11. The van der Waals surface area contributed by atoms with Crippen LogP contribution in [-0.4, -0.2) is 25.7 Å². The van der Waals surface area contributed by atoms with Gasteiger partial charge in [0.2, 0.25) is 0 Å². The summed E-state index contributed by atoms with van der Waals surface area (Å²) in [5.74, 6) is 1.42. The minimum atomic E-state index is -0.0991. The Morgan fingerprint density at radius 1 is 0.838 bits per heavy atom. The number of amides is 1. The maximum Gasteiger partial charge on any atom is 0.251 e. The summed E-state index contributed by atoms with van der Waals surface area (Å²) >= 11 is 1.62. The Kier molecular flexibility index (Phi) is 7.42. The molecule has 0 fully saturated rings. The third kappa shape index (κ3) is 5.95. The smallest absolute Gasteiger partial charge is 0.251 e. The molecule has 0 saturated heterocycles. The van der Waals surface area contributed by atoms with Crippen LogP contribution in [0, 0.1) is 13.8 Å². The fraction of sp³-hybridized carbons (Fsp3) is 0.133. The molecule has 0 radical (unpaired) electrons. The van der Waals surface area contributed by atoms with Gasteiger partial charge in [0.15, 0.2) is 11.0 Å². The lowest BCUT2D eigenvalue weighted by atomic mass is 10.1. The predicted octanol–water partition coefficient (Wildman–Crippen LogP) is 6.17. The first kappa shape index (κ1) is 24.5. The number of aromatic nitrogens is 4. The molecule has 1 amide bonds. The molecular weight excluding hydrogens is 478 g/mol. The zero-order chi connectivity index (χ0) is 25.6. The third-order valence-corrected chi connectivity index (χ3v) is 6.99.